The molecule has 3 atom stereocenters. The van der Waals surface area contributed by atoms with E-state index in [4.69, 9.17) is 0 Å². The molecule has 1 saturated heterocycles. The Balaban J connectivity index is 1.64. The van der Waals surface area contributed by atoms with Gasteiger partial charge in [-0.05, 0) is 24.8 Å². The summed E-state index contributed by atoms with van der Waals surface area (Å²) in [4.78, 5) is 0. The van der Waals surface area contributed by atoms with Gasteiger partial charge in [0.05, 0.1) is 11.5 Å². The molecule has 23 heavy (non-hydrogen) atoms. The third-order valence-electron chi connectivity index (χ3n) is 4.54. The minimum atomic E-state index is -3.42. The number of hydrogen-bond acceptors (Lipinski definition) is 4. The van der Waals surface area contributed by atoms with Gasteiger partial charge in [0, 0.05) is 25.0 Å². The topological polar surface area (TPSA) is 83.6 Å². The van der Waals surface area contributed by atoms with Gasteiger partial charge in [-0.3, -0.25) is 0 Å². The Morgan fingerprint density at radius 1 is 1.13 bits per heavy atom. The fourth-order valence-electron chi connectivity index (χ4n) is 3.23. The highest BCUT2D eigenvalue weighted by molar-refractivity contribution is 7.90. The first kappa shape index (κ1) is 16.9. The van der Waals surface area contributed by atoms with Gasteiger partial charge >= 0.3 is 0 Å². The molecular weight excluding hydrogens is 336 g/mol. The van der Waals surface area contributed by atoms with E-state index in [1.54, 1.807) is 0 Å². The molecule has 1 saturated carbocycles. The number of piperidine rings is 1. The summed E-state index contributed by atoms with van der Waals surface area (Å²) in [6, 6.07) is 9.31. The van der Waals surface area contributed by atoms with E-state index >= 15 is 0 Å². The lowest BCUT2D eigenvalue weighted by atomic mass is 10.1. The SMILES string of the molecule is CS(=O)(=O)N1CCCC(NS(=O)(=O)[C@@H]2C[C@H]2c2ccccc2)C1. The van der Waals surface area contributed by atoms with Crippen LogP contribution in [0.2, 0.25) is 0 Å². The van der Waals surface area contributed by atoms with Crippen LogP contribution in [0.4, 0.5) is 0 Å². The van der Waals surface area contributed by atoms with Crippen molar-refractivity contribution in [3.05, 3.63) is 35.9 Å². The zero-order valence-corrected chi connectivity index (χ0v) is 14.7. The molecule has 6 nitrogen and oxygen atoms in total. The minimum Gasteiger partial charge on any atom is -0.213 e. The van der Waals surface area contributed by atoms with Gasteiger partial charge in [0.1, 0.15) is 0 Å². The van der Waals surface area contributed by atoms with Gasteiger partial charge in [-0.15, -0.1) is 0 Å². The number of benzene rings is 1. The van der Waals surface area contributed by atoms with Gasteiger partial charge in [0.25, 0.3) is 0 Å². The largest absolute Gasteiger partial charge is 0.215 e. The molecule has 1 aliphatic heterocycles. The van der Waals surface area contributed by atoms with Crippen LogP contribution in [0, 0.1) is 0 Å². The lowest BCUT2D eigenvalue weighted by molar-refractivity contribution is 0.305. The zero-order valence-electron chi connectivity index (χ0n) is 13.1. The molecule has 2 aliphatic rings. The van der Waals surface area contributed by atoms with Crippen LogP contribution in [0.15, 0.2) is 30.3 Å². The van der Waals surface area contributed by atoms with Crippen LogP contribution >= 0.6 is 0 Å². The molecule has 0 amide bonds. The lowest BCUT2D eigenvalue weighted by Crippen LogP contribution is -2.50. The van der Waals surface area contributed by atoms with Crippen molar-refractivity contribution in [2.75, 3.05) is 19.3 Å². The number of sulfonamides is 2. The predicted molar refractivity (Wildman–Crippen MR) is 89.1 cm³/mol. The number of rotatable bonds is 5. The fourth-order valence-corrected chi connectivity index (χ4v) is 6.02. The Morgan fingerprint density at radius 2 is 1.83 bits per heavy atom. The van der Waals surface area contributed by atoms with Crippen LogP contribution in [0.3, 0.4) is 0 Å². The summed E-state index contributed by atoms with van der Waals surface area (Å²) in [5.41, 5.74) is 1.05. The number of nitrogens with zero attached hydrogens (tertiary/aromatic N) is 1. The first-order valence-corrected chi connectivity index (χ1v) is 11.2. The van der Waals surface area contributed by atoms with Crippen molar-refractivity contribution in [2.45, 2.75) is 36.5 Å². The fraction of sp³-hybridized carbons (Fsp3) is 0.600. The second kappa shape index (κ2) is 6.16. The normalized spacial score (nSPS) is 29.3. The third-order valence-corrected chi connectivity index (χ3v) is 7.79. The molecule has 0 radical (unpaired) electrons. The van der Waals surface area contributed by atoms with E-state index in [-0.39, 0.29) is 18.5 Å². The van der Waals surface area contributed by atoms with Crippen molar-refractivity contribution < 1.29 is 16.8 Å². The van der Waals surface area contributed by atoms with Crippen molar-refractivity contribution >= 4 is 20.0 Å². The highest BCUT2D eigenvalue weighted by atomic mass is 32.2. The van der Waals surface area contributed by atoms with Gasteiger partial charge in [0.2, 0.25) is 20.0 Å². The minimum absolute atomic E-state index is 0.0447. The van der Waals surface area contributed by atoms with Crippen LogP contribution in [0.25, 0.3) is 0 Å². The number of hydrogen-bond donors (Lipinski definition) is 1. The summed E-state index contributed by atoms with van der Waals surface area (Å²) in [6.45, 7) is 0.688. The second-order valence-corrected chi connectivity index (χ2v) is 10.3. The molecule has 1 heterocycles. The maximum atomic E-state index is 12.5. The second-order valence-electron chi connectivity index (χ2n) is 6.41. The van der Waals surface area contributed by atoms with Crippen LogP contribution in [-0.4, -0.2) is 51.8 Å². The van der Waals surface area contributed by atoms with Gasteiger partial charge in [-0.1, -0.05) is 30.3 Å². The highest BCUT2D eigenvalue weighted by Gasteiger charge is 2.48. The molecule has 0 bridgehead atoms. The molecular formula is C15H22N2O4S2. The van der Waals surface area contributed by atoms with E-state index in [2.05, 4.69) is 4.72 Å². The average molecular weight is 358 g/mol. The zero-order chi connectivity index (χ0) is 16.7. The Morgan fingerprint density at radius 3 is 2.48 bits per heavy atom. The maximum absolute atomic E-state index is 12.5. The van der Waals surface area contributed by atoms with Crippen molar-refractivity contribution in [3.63, 3.8) is 0 Å². The standard InChI is InChI=1S/C15H22N2O4S2/c1-22(18,19)17-9-5-8-13(11-17)16-23(20,21)15-10-14(15)12-6-3-2-4-7-12/h2-4,6-7,13-16H,5,8-11H2,1H3/t13?,14-,15+/m0/s1. The molecule has 1 N–H and O–H groups in total. The number of nitrogens with one attached hydrogen (secondary N) is 1. The first-order valence-electron chi connectivity index (χ1n) is 7.78. The Bertz CT molecular complexity index is 762. The predicted octanol–water partition coefficient (Wildman–Crippen LogP) is 0.886. The summed E-state index contributed by atoms with van der Waals surface area (Å²) in [7, 11) is -6.70. The van der Waals surface area contributed by atoms with E-state index in [9.17, 15) is 16.8 Å². The molecule has 1 aromatic carbocycles. The van der Waals surface area contributed by atoms with Gasteiger partial charge < -0.3 is 0 Å². The molecule has 1 aliphatic carbocycles. The molecule has 0 aromatic heterocycles. The van der Waals surface area contributed by atoms with Gasteiger partial charge in [-0.2, -0.15) is 0 Å². The molecule has 1 aromatic rings. The van der Waals surface area contributed by atoms with Gasteiger partial charge in [-0.25, -0.2) is 25.9 Å². The van der Waals surface area contributed by atoms with Crippen molar-refractivity contribution in [3.8, 4) is 0 Å². The Hall–Kier alpha value is -0.960. The summed E-state index contributed by atoms with van der Waals surface area (Å²) in [6.07, 6.45) is 3.14. The Labute approximate surface area is 138 Å². The van der Waals surface area contributed by atoms with E-state index < -0.39 is 25.3 Å². The maximum Gasteiger partial charge on any atom is 0.215 e. The van der Waals surface area contributed by atoms with E-state index in [1.807, 2.05) is 30.3 Å². The van der Waals surface area contributed by atoms with Gasteiger partial charge in [0.15, 0.2) is 0 Å². The molecule has 0 spiro atoms. The highest BCUT2D eigenvalue weighted by Crippen LogP contribution is 2.45. The van der Waals surface area contributed by atoms with Crippen molar-refractivity contribution in [1.29, 1.82) is 0 Å². The lowest BCUT2D eigenvalue weighted by Gasteiger charge is -2.31. The molecule has 2 fully saturated rings. The van der Waals surface area contributed by atoms with Crippen molar-refractivity contribution in [1.82, 2.24) is 9.03 Å². The quantitative estimate of drug-likeness (QED) is 0.847. The molecule has 8 heteroatoms. The molecule has 128 valence electrons. The monoisotopic (exact) mass is 358 g/mol. The van der Waals surface area contributed by atoms with E-state index in [0.717, 1.165) is 11.8 Å². The first-order chi connectivity index (χ1) is 10.8. The summed E-state index contributed by atoms with van der Waals surface area (Å²) in [5.74, 6) is 0.0447. The average Bonchev–Trinajstić information content (AvgIpc) is 3.28. The molecule has 3 rings (SSSR count). The summed E-state index contributed by atoms with van der Waals surface area (Å²) >= 11 is 0. The smallest absolute Gasteiger partial charge is 0.213 e. The van der Waals surface area contributed by atoms with E-state index in [0.29, 0.717) is 25.8 Å². The van der Waals surface area contributed by atoms with Crippen LogP contribution in [0.5, 0.6) is 0 Å². The molecule has 1 unspecified atom stereocenters. The Kier molecular flexibility index (Phi) is 4.52. The summed E-state index contributed by atoms with van der Waals surface area (Å²) < 4.78 is 52.4. The van der Waals surface area contributed by atoms with Crippen LogP contribution in [-0.2, 0) is 20.0 Å². The van der Waals surface area contributed by atoms with Crippen LogP contribution in [0.1, 0.15) is 30.7 Å². The van der Waals surface area contributed by atoms with E-state index in [1.165, 1.54) is 4.31 Å². The van der Waals surface area contributed by atoms with Crippen molar-refractivity contribution in [2.24, 2.45) is 0 Å². The summed E-state index contributed by atoms with van der Waals surface area (Å²) in [5, 5.41) is -0.404. The van der Waals surface area contributed by atoms with Crippen LogP contribution < -0.4 is 4.72 Å². The third kappa shape index (κ3) is 3.93.